The molecule has 0 N–H and O–H groups in total. The Hall–Kier alpha value is -2.28. The maximum atomic E-state index is 2.40. The van der Waals surface area contributed by atoms with Crippen LogP contribution in [0.5, 0.6) is 0 Å². The first-order valence-corrected chi connectivity index (χ1v) is 9.62. The molecule has 0 fully saturated rings. The van der Waals surface area contributed by atoms with Crippen molar-refractivity contribution in [1.29, 1.82) is 0 Å². The third kappa shape index (κ3) is 2.71. The number of hydrogen-bond acceptors (Lipinski definition) is 0. The highest BCUT2D eigenvalue weighted by atomic mass is 14.2. The molecule has 3 aromatic rings. The van der Waals surface area contributed by atoms with E-state index in [0.29, 0.717) is 6.71 Å². The molecule has 0 aliphatic carbocycles. The van der Waals surface area contributed by atoms with Crippen LogP contribution in [-0.4, -0.2) is 6.71 Å². The molecule has 0 atom stereocenters. The van der Waals surface area contributed by atoms with E-state index in [1.165, 1.54) is 60.9 Å². The third-order valence-electron chi connectivity index (χ3n) is 5.92. The van der Waals surface area contributed by atoms with Gasteiger partial charge in [0.25, 0.3) is 0 Å². The Morgan fingerprint density at radius 3 is 1.77 bits per heavy atom. The molecule has 3 aromatic carbocycles. The molecular weight excluding hydrogens is 311 g/mol. The summed E-state index contributed by atoms with van der Waals surface area (Å²) in [6.45, 7) is 13.8. The van der Waals surface area contributed by atoms with Gasteiger partial charge < -0.3 is 0 Å². The van der Waals surface area contributed by atoms with Crippen LogP contribution in [0.3, 0.4) is 0 Å². The summed E-state index contributed by atoms with van der Waals surface area (Å²) < 4.78 is 0. The van der Waals surface area contributed by atoms with Gasteiger partial charge in [0.15, 0.2) is 0 Å². The molecule has 1 heterocycles. The van der Waals surface area contributed by atoms with Crippen molar-refractivity contribution in [3.63, 3.8) is 0 Å². The predicted molar refractivity (Wildman–Crippen MR) is 115 cm³/mol. The Labute approximate surface area is 158 Å². The number of benzene rings is 3. The fourth-order valence-electron chi connectivity index (χ4n) is 5.10. The van der Waals surface area contributed by atoms with Crippen LogP contribution in [0, 0.1) is 41.5 Å². The topological polar surface area (TPSA) is 0 Å². The normalized spacial score (nSPS) is 12.8. The van der Waals surface area contributed by atoms with E-state index in [0.717, 1.165) is 6.42 Å². The molecule has 0 bridgehead atoms. The van der Waals surface area contributed by atoms with Crippen LogP contribution in [0.15, 0.2) is 42.5 Å². The summed E-state index contributed by atoms with van der Waals surface area (Å²) >= 11 is 0. The van der Waals surface area contributed by atoms with Gasteiger partial charge >= 0.3 is 0 Å². The van der Waals surface area contributed by atoms with Crippen molar-refractivity contribution in [2.24, 2.45) is 0 Å². The number of hydrogen-bond donors (Lipinski definition) is 0. The van der Waals surface area contributed by atoms with Gasteiger partial charge in [-0.3, -0.25) is 0 Å². The van der Waals surface area contributed by atoms with Gasteiger partial charge in [0.1, 0.15) is 0 Å². The van der Waals surface area contributed by atoms with Crippen molar-refractivity contribution in [1.82, 2.24) is 0 Å². The van der Waals surface area contributed by atoms with Crippen LogP contribution < -0.4 is 16.4 Å². The minimum atomic E-state index is 0.343. The van der Waals surface area contributed by atoms with Crippen molar-refractivity contribution < 1.29 is 0 Å². The molecule has 0 unspecified atom stereocenters. The van der Waals surface area contributed by atoms with E-state index < -0.39 is 0 Å². The average Bonchev–Trinajstić information content (AvgIpc) is 2.52. The van der Waals surface area contributed by atoms with Gasteiger partial charge in [-0.1, -0.05) is 92.2 Å². The highest BCUT2D eigenvalue weighted by Crippen LogP contribution is 2.20. The maximum absolute atomic E-state index is 2.40. The molecule has 0 radical (unpaired) electrons. The SMILES string of the molecule is Cc1cc(C)c(B2c3ccc(C)cc3Cc3cc(C)cc(C)c32)c(C)c1. The second kappa shape index (κ2) is 6.16. The molecule has 130 valence electrons. The lowest BCUT2D eigenvalue weighted by atomic mass is 9.31. The number of fused-ring (bicyclic) bond motifs is 2. The maximum Gasteiger partial charge on any atom is 0.242 e. The summed E-state index contributed by atoms with van der Waals surface area (Å²) in [6, 6.07) is 16.5. The summed E-state index contributed by atoms with van der Waals surface area (Å²) in [5, 5.41) is 0. The Balaban J connectivity index is 2.07. The molecule has 1 aliphatic rings. The molecule has 1 heteroatoms. The first-order valence-electron chi connectivity index (χ1n) is 9.62. The first-order chi connectivity index (χ1) is 12.3. The lowest BCUT2D eigenvalue weighted by Crippen LogP contribution is -2.59. The molecule has 4 rings (SSSR count). The van der Waals surface area contributed by atoms with Crippen LogP contribution in [0.25, 0.3) is 0 Å². The van der Waals surface area contributed by atoms with Crippen molar-refractivity contribution in [2.75, 3.05) is 0 Å². The van der Waals surface area contributed by atoms with Gasteiger partial charge in [-0.25, -0.2) is 0 Å². The summed E-state index contributed by atoms with van der Waals surface area (Å²) in [4.78, 5) is 0. The van der Waals surface area contributed by atoms with Gasteiger partial charge in [-0.15, -0.1) is 0 Å². The van der Waals surface area contributed by atoms with E-state index in [1.54, 1.807) is 0 Å². The van der Waals surface area contributed by atoms with E-state index in [9.17, 15) is 0 Å². The molecule has 26 heavy (non-hydrogen) atoms. The van der Waals surface area contributed by atoms with E-state index in [1.807, 2.05) is 0 Å². The molecular formula is C25H27B. The first kappa shape index (κ1) is 17.2. The van der Waals surface area contributed by atoms with Crippen LogP contribution in [0.2, 0.25) is 0 Å². The minimum Gasteiger partial charge on any atom is -0.0664 e. The lowest BCUT2D eigenvalue weighted by Gasteiger charge is -2.31. The number of aryl methyl sites for hydroxylation is 6. The molecule has 0 nitrogen and oxygen atoms in total. The second-order valence-corrected chi connectivity index (χ2v) is 8.28. The van der Waals surface area contributed by atoms with E-state index >= 15 is 0 Å². The smallest absolute Gasteiger partial charge is 0.0664 e. The predicted octanol–water partition coefficient (Wildman–Crippen LogP) is 3.96. The van der Waals surface area contributed by atoms with Gasteiger partial charge in [0.05, 0.1) is 0 Å². The summed E-state index contributed by atoms with van der Waals surface area (Å²) in [6.07, 6.45) is 1.05. The minimum absolute atomic E-state index is 0.343. The number of rotatable bonds is 1. The monoisotopic (exact) mass is 338 g/mol. The van der Waals surface area contributed by atoms with Gasteiger partial charge in [-0.05, 0) is 59.1 Å². The molecule has 0 amide bonds. The van der Waals surface area contributed by atoms with Crippen molar-refractivity contribution >= 4 is 23.1 Å². The summed E-state index contributed by atoms with van der Waals surface area (Å²) in [5.41, 5.74) is 15.8. The van der Waals surface area contributed by atoms with Crippen LogP contribution in [0.1, 0.15) is 44.5 Å². The standard InChI is InChI=1S/C25H27B/c1-15-7-8-23-21(12-15)14-22-13-17(3)11-20(6)25(22)26(23)24-18(4)9-16(2)10-19(24)5/h7-13H,14H2,1-6H3. The zero-order chi connectivity index (χ0) is 18.6. The average molecular weight is 338 g/mol. The highest BCUT2D eigenvalue weighted by Gasteiger charge is 2.33. The summed E-state index contributed by atoms with van der Waals surface area (Å²) in [7, 11) is 0. The van der Waals surface area contributed by atoms with Crippen LogP contribution >= 0.6 is 0 Å². The molecule has 0 aromatic heterocycles. The van der Waals surface area contributed by atoms with Crippen molar-refractivity contribution in [3.05, 3.63) is 87.0 Å². The van der Waals surface area contributed by atoms with E-state index in [-0.39, 0.29) is 0 Å². The highest BCUT2D eigenvalue weighted by molar-refractivity contribution is 6.97. The lowest BCUT2D eigenvalue weighted by molar-refractivity contribution is 1.17. The molecule has 0 saturated heterocycles. The quantitative estimate of drug-likeness (QED) is 0.461. The molecule has 0 saturated carbocycles. The molecule has 0 spiro atoms. The zero-order valence-electron chi connectivity index (χ0n) is 16.8. The fraction of sp³-hybridized carbons (Fsp3) is 0.280. The van der Waals surface area contributed by atoms with Gasteiger partial charge in [0, 0.05) is 0 Å². The fourth-order valence-corrected chi connectivity index (χ4v) is 5.10. The second-order valence-electron chi connectivity index (χ2n) is 8.28. The van der Waals surface area contributed by atoms with Crippen LogP contribution in [0.4, 0.5) is 0 Å². The van der Waals surface area contributed by atoms with Crippen molar-refractivity contribution in [2.45, 2.75) is 48.0 Å². The van der Waals surface area contributed by atoms with Gasteiger partial charge in [-0.2, -0.15) is 0 Å². The van der Waals surface area contributed by atoms with Crippen LogP contribution in [-0.2, 0) is 6.42 Å². The molecule has 1 aliphatic heterocycles. The van der Waals surface area contributed by atoms with E-state index in [2.05, 4.69) is 84.0 Å². The van der Waals surface area contributed by atoms with Crippen molar-refractivity contribution in [3.8, 4) is 0 Å². The Kier molecular flexibility index (Phi) is 4.06. The van der Waals surface area contributed by atoms with E-state index in [4.69, 9.17) is 0 Å². The summed E-state index contributed by atoms with van der Waals surface area (Å²) in [5.74, 6) is 0. The third-order valence-corrected chi connectivity index (χ3v) is 5.92. The largest absolute Gasteiger partial charge is 0.242 e. The zero-order valence-corrected chi connectivity index (χ0v) is 16.8. The Morgan fingerprint density at radius 2 is 1.12 bits per heavy atom. The van der Waals surface area contributed by atoms with Gasteiger partial charge in [0.2, 0.25) is 6.71 Å². The Morgan fingerprint density at radius 1 is 0.577 bits per heavy atom. The Bertz CT molecular complexity index is 981.